The quantitative estimate of drug-likeness (QED) is 0.849. The van der Waals surface area contributed by atoms with Crippen molar-refractivity contribution < 1.29 is 0 Å². The molecule has 0 aliphatic heterocycles. The van der Waals surface area contributed by atoms with E-state index in [2.05, 4.69) is 29.6 Å². The monoisotopic (exact) mass is 236 g/mol. The summed E-state index contributed by atoms with van der Waals surface area (Å²) in [7, 11) is 4.01. The highest BCUT2D eigenvalue weighted by molar-refractivity contribution is 5.02. The van der Waals surface area contributed by atoms with Crippen molar-refractivity contribution in [3.8, 4) is 0 Å². The molecule has 1 fully saturated rings. The number of hydrogen-bond acceptors (Lipinski definition) is 3. The maximum absolute atomic E-state index is 4.21. The number of aryl methyl sites for hydroxylation is 1. The molecule has 0 saturated heterocycles. The minimum absolute atomic E-state index is 0.478. The molecule has 17 heavy (non-hydrogen) atoms. The normalized spacial score (nSPS) is 20.6. The van der Waals surface area contributed by atoms with Gasteiger partial charge < -0.3 is 5.32 Å². The highest BCUT2D eigenvalue weighted by Gasteiger charge is 2.39. The fourth-order valence-electron chi connectivity index (χ4n) is 3.35. The average Bonchev–Trinajstić information content (AvgIpc) is 2.95. The van der Waals surface area contributed by atoms with Crippen molar-refractivity contribution in [1.82, 2.24) is 20.3 Å². The largest absolute Gasteiger partial charge is 0.316 e. The van der Waals surface area contributed by atoms with Crippen molar-refractivity contribution >= 4 is 0 Å². The predicted octanol–water partition coefficient (Wildman–Crippen LogP) is 1.92. The molecule has 96 valence electrons. The van der Waals surface area contributed by atoms with Crippen LogP contribution < -0.4 is 5.32 Å². The smallest absolute Gasteiger partial charge is 0.0842 e. The summed E-state index contributed by atoms with van der Waals surface area (Å²) in [5.41, 5.74) is 1.58. The van der Waals surface area contributed by atoms with E-state index in [-0.39, 0.29) is 0 Å². The highest BCUT2D eigenvalue weighted by atomic mass is 15.4. The van der Waals surface area contributed by atoms with Crippen molar-refractivity contribution in [3.63, 3.8) is 0 Å². The van der Waals surface area contributed by atoms with E-state index in [1.165, 1.54) is 32.1 Å². The molecule has 4 heteroatoms. The van der Waals surface area contributed by atoms with Gasteiger partial charge in [0.15, 0.2) is 0 Å². The fraction of sp³-hybridized carbons (Fsp3) is 0.846. The molecule has 1 saturated carbocycles. The van der Waals surface area contributed by atoms with Crippen LogP contribution in [0.15, 0.2) is 6.20 Å². The van der Waals surface area contributed by atoms with Crippen molar-refractivity contribution in [2.45, 2.75) is 51.5 Å². The third kappa shape index (κ3) is 2.51. The molecule has 4 nitrogen and oxygen atoms in total. The van der Waals surface area contributed by atoms with E-state index in [1.54, 1.807) is 4.68 Å². The van der Waals surface area contributed by atoms with E-state index >= 15 is 0 Å². The molecule has 1 atom stereocenters. The molecular weight excluding hydrogens is 212 g/mol. The zero-order valence-corrected chi connectivity index (χ0v) is 11.2. The maximum atomic E-state index is 4.21. The molecule has 2 rings (SSSR count). The number of likely N-dealkylation sites (N-methyl/N-ethyl adjacent to an activating group) is 1. The van der Waals surface area contributed by atoms with Crippen LogP contribution in [0.3, 0.4) is 0 Å². The third-order valence-electron chi connectivity index (χ3n) is 4.45. The van der Waals surface area contributed by atoms with Crippen LogP contribution in [0.1, 0.15) is 44.7 Å². The standard InChI is InChI=1S/C13H24N4/c1-4-13(7-5-6-8-13)12(14-2)9-11-10-17(3)16-15-11/h10,12,14H,4-9H2,1-3H3. The van der Waals surface area contributed by atoms with Gasteiger partial charge in [0, 0.05) is 25.7 Å². The summed E-state index contributed by atoms with van der Waals surface area (Å²) in [6.45, 7) is 2.33. The topological polar surface area (TPSA) is 42.7 Å². The lowest BCUT2D eigenvalue weighted by molar-refractivity contribution is 0.191. The second-order valence-corrected chi connectivity index (χ2v) is 5.35. The highest BCUT2D eigenvalue weighted by Crippen LogP contribution is 2.44. The Kier molecular flexibility index (Phi) is 3.82. The first kappa shape index (κ1) is 12.6. The van der Waals surface area contributed by atoms with Crippen molar-refractivity contribution in [2.24, 2.45) is 12.5 Å². The SMILES string of the molecule is CCC1(C(Cc2cn(C)nn2)NC)CCCC1. The minimum Gasteiger partial charge on any atom is -0.316 e. The van der Waals surface area contributed by atoms with Crippen LogP contribution in [0.2, 0.25) is 0 Å². The van der Waals surface area contributed by atoms with E-state index in [4.69, 9.17) is 0 Å². The fourth-order valence-corrected chi connectivity index (χ4v) is 3.35. The molecule has 0 amide bonds. The van der Waals surface area contributed by atoms with Gasteiger partial charge >= 0.3 is 0 Å². The second kappa shape index (κ2) is 5.17. The molecule has 1 N–H and O–H groups in total. The molecule has 0 spiro atoms. The summed E-state index contributed by atoms with van der Waals surface area (Å²) in [5.74, 6) is 0. The Labute approximate surface area is 104 Å². The first-order valence-corrected chi connectivity index (χ1v) is 6.72. The van der Waals surface area contributed by atoms with Crippen LogP contribution in [-0.4, -0.2) is 28.1 Å². The van der Waals surface area contributed by atoms with E-state index in [0.717, 1.165) is 12.1 Å². The van der Waals surface area contributed by atoms with Gasteiger partial charge in [-0.15, -0.1) is 5.10 Å². The van der Waals surface area contributed by atoms with Crippen LogP contribution >= 0.6 is 0 Å². The van der Waals surface area contributed by atoms with E-state index < -0.39 is 0 Å². The molecule has 1 aliphatic carbocycles. The number of aromatic nitrogens is 3. The molecule has 0 aromatic carbocycles. The van der Waals surface area contributed by atoms with Crippen LogP contribution in [-0.2, 0) is 13.5 Å². The second-order valence-electron chi connectivity index (χ2n) is 5.35. The Balaban J connectivity index is 2.10. The van der Waals surface area contributed by atoms with Gasteiger partial charge in [0.25, 0.3) is 0 Å². The molecule has 1 heterocycles. The number of hydrogen-bond donors (Lipinski definition) is 1. The van der Waals surface area contributed by atoms with Gasteiger partial charge in [-0.3, -0.25) is 4.68 Å². The Morgan fingerprint density at radius 1 is 1.47 bits per heavy atom. The maximum Gasteiger partial charge on any atom is 0.0842 e. The van der Waals surface area contributed by atoms with E-state index in [9.17, 15) is 0 Å². The molecule has 1 aliphatic rings. The zero-order chi connectivity index (χ0) is 12.3. The molecule has 0 bridgehead atoms. The van der Waals surface area contributed by atoms with Gasteiger partial charge in [0.05, 0.1) is 5.69 Å². The summed E-state index contributed by atoms with van der Waals surface area (Å²) in [6, 6.07) is 0.534. The van der Waals surface area contributed by atoms with Gasteiger partial charge in [0.1, 0.15) is 0 Å². The Hall–Kier alpha value is -0.900. The van der Waals surface area contributed by atoms with Gasteiger partial charge in [-0.2, -0.15) is 0 Å². The van der Waals surface area contributed by atoms with Gasteiger partial charge in [0.2, 0.25) is 0 Å². The molecule has 1 unspecified atom stereocenters. The summed E-state index contributed by atoms with van der Waals surface area (Å²) >= 11 is 0. The lowest BCUT2D eigenvalue weighted by Crippen LogP contribution is -2.43. The summed E-state index contributed by atoms with van der Waals surface area (Å²) in [6.07, 6.45) is 9.77. The van der Waals surface area contributed by atoms with Crippen LogP contribution in [0, 0.1) is 5.41 Å². The Morgan fingerprint density at radius 2 is 2.18 bits per heavy atom. The summed E-state index contributed by atoms with van der Waals surface area (Å²) in [4.78, 5) is 0. The molecule has 1 aromatic rings. The lowest BCUT2D eigenvalue weighted by atomic mass is 9.74. The van der Waals surface area contributed by atoms with Crippen LogP contribution in [0.25, 0.3) is 0 Å². The Morgan fingerprint density at radius 3 is 2.65 bits per heavy atom. The van der Waals surface area contributed by atoms with E-state index in [0.29, 0.717) is 11.5 Å². The first-order valence-electron chi connectivity index (χ1n) is 6.72. The Bertz CT molecular complexity index is 352. The number of nitrogens with zero attached hydrogens (tertiary/aromatic N) is 3. The number of nitrogens with one attached hydrogen (secondary N) is 1. The van der Waals surface area contributed by atoms with Gasteiger partial charge in [-0.25, -0.2) is 0 Å². The lowest BCUT2D eigenvalue weighted by Gasteiger charge is -2.36. The molecule has 1 aromatic heterocycles. The van der Waals surface area contributed by atoms with Crippen molar-refractivity contribution in [1.29, 1.82) is 0 Å². The molecule has 0 radical (unpaired) electrons. The van der Waals surface area contributed by atoms with Gasteiger partial charge in [-0.05, 0) is 31.7 Å². The van der Waals surface area contributed by atoms with Gasteiger partial charge in [-0.1, -0.05) is 25.0 Å². The number of rotatable bonds is 5. The average molecular weight is 236 g/mol. The minimum atomic E-state index is 0.478. The zero-order valence-electron chi connectivity index (χ0n) is 11.2. The van der Waals surface area contributed by atoms with Crippen LogP contribution in [0.4, 0.5) is 0 Å². The first-order chi connectivity index (χ1) is 8.20. The van der Waals surface area contributed by atoms with Crippen LogP contribution in [0.5, 0.6) is 0 Å². The van der Waals surface area contributed by atoms with Crippen molar-refractivity contribution in [2.75, 3.05) is 7.05 Å². The summed E-state index contributed by atoms with van der Waals surface area (Å²) in [5, 5.41) is 11.7. The predicted molar refractivity (Wildman–Crippen MR) is 68.7 cm³/mol. The van der Waals surface area contributed by atoms with Crippen molar-refractivity contribution in [3.05, 3.63) is 11.9 Å². The third-order valence-corrected chi connectivity index (χ3v) is 4.45. The molecular formula is C13H24N4. The van der Waals surface area contributed by atoms with E-state index in [1.807, 2.05) is 13.2 Å². The summed E-state index contributed by atoms with van der Waals surface area (Å²) < 4.78 is 1.79.